The van der Waals surface area contributed by atoms with E-state index in [2.05, 4.69) is 35.4 Å². The summed E-state index contributed by atoms with van der Waals surface area (Å²) in [4.78, 5) is 17.4. The molecule has 0 aliphatic carbocycles. The molecule has 2 aromatic rings. The molecule has 1 saturated heterocycles. The largest absolute Gasteiger partial charge is 0.302 e. The number of hydrogen-bond donors (Lipinski definition) is 1. The molecular weight excluding hydrogens is 332 g/mol. The number of carbonyl (C=O) groups excluding carboxylic acids is 1. The fourth-order valence-electron chi connectivity index (χ4n) is 2.68. The third-order valence-corrected chi connectivity index (χ3v) is 6.53. The van der Waals surface area contributed by atoms with Gasteiger partial charge in [0.1, 0.15) is 0 Å². The molecule has 1 atom stereocenters. The van der Waals surface area contributed by atoms with Gasteiger partial charge in [0.05, 0.1) is 17.4 Å². The first-order chi connectivity index (χ1) is 10.9. The second-order valence-corrected chi connectivity index (χ2v) is 9.23. The zero-order chi connectivity index (χ0) is 16.4. The lowest BCUT2D eigenvalue weighted by Crippen LogP contribution is -2.23. The Morgan fingerprint density at radius 1 is 1.43 bits per heavy atom. The highest BCUT2D eigenvalue weighted by atomic mass is 32.2. The third-order valence-electron chi connectivity index (χ3n) is 3.85. The van der Waals surface area contributed by atoms with Crippen molar-refractivity contribution in [2.45, 2.75) is 19.8 Å². The van der Waals surface area contributed by atoms with Crippen LogP contribution in [0.1, 0.15) is 22.4 Å². The number of benzene rings is 1. The maximum atomic E-state index is 12.1. The van der Waals surface area contributed by atoms with Crippen molar-refractivity contribution in [3.05, 3.63) is 46.5 Å². The van der Waals surface area contributed by atoms with Crippen LogP contribution >= 0.6 is 11.3 Å². The highest BCUT2D eigenvalue weighted by molar-refractivity contribution is 7.91. The summed E-state index contributed by atoms with van der Waals surface area (Å²) in [5.41, 5.74) is 2.41. The first kappa shape index (κ1) is 16.1. The van der Waals surface area contributed by atoms with E-state index >= 15 is 0 Å². The minimum atomic E-state index is -3.05. The molecule has 0 bridgehead atoms. The molecule has 7 heteroatoms. The summed E-state index contributed by atoms with van der Waals surface area (Å²) >= 11 is 1.43. The number of hydrogen-bond acceptors (Lipinski definition) is 5. The lowest BCUT2D eigenvalue weighted by atomic mass is 10.1. The Morgan fingerprint density at radius 2 is 2.26 bits per heavy atom. The van der Waals surface area contributed by atoms with Crippen LogP contribution in [0.3, 0.4) is 0 Å². The zero-order valence-electron chi connectivity index (χ0n) is 12.8. The Kier molecular flexibility index (Phi) is 4.50. The fourth-order valence-corrected chi connectivity index (χ4v) is 5.27. The van der Waals surface area contributed by atoms with Crippen molar-refractivity contribution >= 4 is 32.2 Å². The molecule has 0 radical (unpaired) electrons. The van der Waals surface area contributed by atoms with Crippen molar-refractivity contribution in [1.82, 2.24) is 4.98 Å². The zero-order valence-corrected chi connectivity index (χ0v) is 14.4. The van der Waals surface area contributed by atoms with Gasteiger partial charge in [0.2, 0.25) is 5.91 Å². The molecule has 1 aliphatic heterocycles. The summed E-state index contributed by atoms with van der Waals surface area (Å²) in [6, 6.07) is 8.27. The number of rotatable bonds is 4. The van der Waals surface area contributed by atoms with E-state index in [0.717, 1.165) is 11.3 Å². The molecule has 3 rings (SSSR count). The number of amides is 1. The Hall–Kier alpha value is -1.73. The standard InChI is InChI=1S/C16H18N2O3S2/c1-11-3-2-4-12(7-11)8-14-9-17-16(22-14)18-15(19)13-5-6-23(20,21)10-13/h2-4,7,9,13H,5-6,8,10H2,1H3,(H,17,18,19). The minimum absolute atomic E-state index is 0.0552. The number of carbonyl (C=O) groups is 1. The predicted octanol–water partition coefficient (Wildman–Crippen LogP) is 2.42. The Morgan fingerprint density at radius 3 is 2.96 bits per heavy atom. The smallest absolute Gasteiger partial charge is 0.230 e. The average Bonchev–Trinajstić information content (AvgIpc) is 3.05. The van der Waals surface area contributed by atoms with Gasteiger partial charge < -0.3 is 5.32 Å². The molecule has 1 aromatic carbocycles. The number of aryl methyl sites for hydroxylation is 1. The van der Waals surface area contributed by atoms with Gasteiger partial charge in [-0.3, -0.25) is 4.79 Å². The van der Waals surface area contributed by atoms with Crippen LogP contribution in [0.5, 0.6) is 0 Å². The number of aromatic nitrogens is 1. The SMILES string of the molecule is Cc1cccc(Cc2cnc(NC(=O)C3CCS(=O)(=O)C3)s2)c1. The van der Waals surface area contributed by atoms with E-state index < -0.39 is 15.8 Å². The van der Waals surface area contributed by atoms with E-state index in [0.29, 0.717) is 11.6 Å². The number of nitrogens with zero attached hydrogens (tertiary/aromatic N) is 1. The molecule has 122 valence electrons. The van der Waals surface area contributed by atoms with E-state index in [9.17, 15) is 13.2 Å². The van der Waals surface area contributed by atoms with Gasteiger partial charge in [0, 0.05) is 17.5 Å². The van der Waals surface area contributed by atoms with Crippen molar-refractivity contribution in [3.63, 3.8) is 0 Å². The van der Waals surface area contributed by atoms with E-state index in [4.69, 9.17) is 0 Å². The second-order valence-electron chi connectivity index (χ2n) is 5.89. The van der Waals surface area contributed by atoms with Crippen molar-refractivity contribution in [2.24, 2.45) is 5.92 Å². The molecule has 23 heavy (non-hydrogen) atoms. The van der Waals surface area contributed by atoms with Gasteiger partial charge in [0.15, 0.2) is 15.0 Å². The lowest BCUT2D eigenvalue weighted by Gasteiger charge is -2.06. The van der Waals surface area contributed by atoms with Gasteiger partial charge in [-0.1, -0.05) is 29.8 Å². The van der Waals surface area contributed by atoms with Crippen LogP contribution in [-0.2, 0) is 21.1 Å². The van der Waals surface area contributed by atoms with Crippen molar-refractivity contribution in [3.8, 4) is 0 Å². The molecule has 5 nitrogen and oxygen atoms in total. The number of nitrogens with one attached hydrogen (secondary N) is 1. The fraction of sp³-hybridized carbons (Fsp3) is 0.375. The molecule has 1 fully saturated rings. The molecule has 2 heterocycles. The van der Waals surface area contributed by atoms with Crippen LogP contribution in [0.15, 0.2) is 30.5 Å². The number of sulfone groups is 1. The highest BCUT2D eigenvalue weighted by Gasteiger charge is 2.33. The Labute approximate surface area is 139 Å². The summed E-state index contributed by atoms with van der Waals surface area (Å²) in [6.07, 6.45) is 2.93. The summed E-state index contributed by atoms with van der Waals surface area (Å²) in [5.74, 6) is -0.659. The monoisotopic (exact) mass is 350 g/mol. The van der Waals surface area contributed by atoms with Crippen molar-refractivity contribution in [2.75, 3.05) is 16.8 Å². The first-order valence-corrected chi connectivity index (χ1v) is 10.1. The topological polar surface area (TPSA) is 76.1 Å². The van der Waals surface area contributed by atoms with E-state index in [1.807, 2.05) is 6.07 Å². The molecule has 1 amide bonds. The minimum Gasteiger partial charge on any atom is -0.302 e. The predicted molar refractivity (Wildman–Crippen MR) is 91.5 cm³/mol. The number of anilines is 1. The van der Waals surface area contributed by atoms with Crippen molar-refractivity contribution in [1.29, 1.82) is 0 Å². The molecule has 0 spiro atoms. The Balaban J connectivity index is 1.62. The molecular formula is C16H18N2O3S2. The lowest BCUT2D eigenvalue weighted by molar-refractivity contribution is -0.119. The van der Waals surface area contributed by atoms with Gasteiger partial charge in [-0.2, -0.15) is 0 Å². The summed E-state index contributed by atoms with van der Waals surface area (Å²) in [6.45, 7) is 2.05. The molecule has 1 unspecified atom stereocenters. The summed E-state index contributed by atoms with van der Waals surface area (Å²) < 4.78 is 22.9. The summed E-state index contributed by atoms with van der Waals surface area (Å²) in [5, 5.41) is 3.27. The van der Waals surface area contributed by atoms with Gasteiger partial charge in [-0.25, -0.2) is 13.4 Å². The van der Waals surface area contributed by atoms with Crippen LogP contribution in [0.4, 0.5) is 5.13 Å². The van der Waals surface area contributed by atoms with Gasteiger partial charge in [0.25, 0.3) is 0 Å². The molecule has 1 N–H and O–H groups in total. The van der Waals surface area contributed by atoms with Crippen LogP contribution in [0.25, 0.3) is 0 Å². The van der Waals surface area contributed by atoms with E-state index in [1.165, 1.54) is 22.5 Å². The summed E-state index contributed by atoms with van der Waals surface area (Å²) in [7, 11) is -3.05. The molecule has 1 aromatic heterocycles. The van der Waals surface area contributed by atoms with Gasteiger partial charge in [-0.15, -0.1) is 11.3 Å². The number of thiazole rings is 1. The highest BCUT2D eigenvalue weighted by Crippen LogP contribution is 2.24. The van der Waals surface area contributed by atoms with Gasteiger partial charge in [-0.05, 0) is 18.9 Å². The maximum absolute atomic E-state index is 12.1. The Bertz CT molecular complexity index is 827. The quantitative estimate of drug-likeness (QED) is 0.919. The van der Waals surface area contributed by atoms with Crippen LogP contribution in [-0.4, -0.2) is 30.8 Å². The third kappa shape index (κ3) is 4.17. The van der Waals surface area contributed by atoms with Crippen molar-refractivity contribution < 1.29 is 13.2 Å². The van der Waals surface area contributed by atoms with Crippen LogP contribution in [0.2, 0.25) is 0 Å². The van der Waals surface area contributed by atoms with Crippen LogP contribution < -0.4 is 5.32 Å². The van der Waals surface area contributed by atoms with E-state index in [-0.39, 0.29) is 17.4 Å². The normalized spacial score (nSPS) is 19.6. The first-order valence-electron chi connectivity index (χ1n) is 7.43. The van der Waals surface area contributed by atoms with Gasteiger partial charge >= 0.3 is 0 Å². The maximum Gasteiger partial charge on any atom is 0.230 e. The van der Waals surface area contributed by atoms with E-state index in [1.54, 1.807) is 6.20 Å². The average molecular weight is 350 g/mol. The second kappa shape index (κ2) is 6.41. The van der Waals surface area contributed by atoms with Crippen LogP contribution in [0, 0.1) is 12.8 Å². The molecule has 1 aliphatic rings. The molecule has 0 saturated carbocycles.